The van der Waals surface area contributed by atoms with Gasteiger partial charge in [-0.3, -0.25) is 4.90 Å². The molecule has 1 aromatic heterocycles. The van der Waals surface area contributed by atoms with Crippen LogP contribution < -0.4 is 0 Å². The SMILES string of the molecule is COC(=O)c1ccc(C(C)N(C)CCOC(C)C)o1. The molecule has 1 aromatic rings. The summed E-state index contributed by atoms with van der Waals surface area (Å²) in [5.74, 6) is 0.521. The summed E-state index contributed by atoms with van der Waals surface area (Å²) in [5, 5.41) is 0. The van der Waals surface area contributed by atoms with E-state index in [-0.39, 0.29) is 17.9 Å². The third kappa shape index (κ3) is 4.69. The van der Waals surface area contributed by atoms with Crippen LogP contribution in [0.1, 0.15) is 43.1 Å². The fourth-order valence-corrected chi connectivity index (χ4v) is 1.63. The van der Waals surface area contributed by atoms with E-state index in [1.54, 1.807) is 12.1 Å². The van der Waals surface area contributed by atoms with Crippen molar-refractivity contribution in [2.24, 2.45) is 0 Å². The minimum absolute atomic E-state index is 0.0779. The summed E-state index contributed by atoms with van der Waals surface area (Å²) < 4.78 is 15.6. The van der Waals surface area contributed by atoms with Crippen LogP contribution in [0.2, 0.25) is 0 Å². The second kappa shape index (κ2) is 7.31. The van der Waals surface area contributed by atoms with Crippen LogP contribution in [0.15, 0.2) is 16.5 Å². The summed E-state index contributed by atoms with van der Waals surface area (Å²) in [5.41, 5.74) is 0. The normalized spacial score (nSPS) is 13.0. The van der Waals surface area contributed by atoms with E-state index in [0.29, 0.717) is 6.61 Å². The molecule has 0 amide bonds. The van der Waals surface area contributed by atoms with Crippen molar-refractivity contribution in [2.45, 2.75) is 32.9 Å². The lowest BCUT2D eigenvalue weighted by molar-refractivity contribution is 0.0521. The maximum atomic E-state index is 11.3. The smallest absolute Gasteiger partial charge is 0.373 e. The highest BCUT2D eigenvalue weighted by Gasteiger charge is 2.18. The van der Waals surface area contributed by atoms with Crippen molar-refractivity contribution in [2.75, 3.05) is 27.3 Å². The fourth-order valence-electron chi connectivity index (χ4n) is 1.63. The predicted octanol–water partition coefficient (Wildman–Crippen LogP) is 2.48. The Labute approximate surface area is 114 Å². The Morgan fingerprint density at radius 2 is 2.05 bits per heavy atom. The van der Waals surface area contributed by atoms with Crippen LogP contribution in [0.3, 0.4) is 0 Å². The summed E-state index contributed by atoms with van der Waals surface area (Å²) in [4.78, 5) is 13.4. The molecule has 5 heteroatoms. The molecule has 0 radical (unpaired) electrons. The van der Waals surface area contributed by atoms with Crippen molar-refractivity contribution in [3.63, 3.8) is 0 Å². The molecule has 0 N–H and O–H groups in total. The molecule has 0 spiro atoms. The number of furan rings is 1. The van der Waals surface area contributed by atoms with E-state index >= 15 is 0 Å². The molecular formula is C14H23NO4. The molecule has 0 aliphatic heterocycles. The third-order valence-corrected chi connectivity index (χ3v) is 2.98. The maximum absolute atomic E-state index is 11.3. The number of rotatable bonds is 7. The highest BCUT2D eigenvalue weighted by molar-refractivity contribution is 5.86. The quantitative estimate of drug-likeness (QED) is 0.712. The molecule has 0 fully saturated rings. The van der Waals surface area contributed by atoms with E-state index in [9.17, 15) is 4.79 Å². The van der Waals surface area contributed by atoms with Gasteiger partial charge >= 0.3 is 5.97 Å². The number of methoxy groups -OCH3 is 1. The topological polar surface area (TPSA) is 51.9 Å². The van der Waals surface area contributed by atoms with E-state index in [0.717, 1.165) is 12.3 Å². The number of esters is 1. The molecule has 19 heavy (non-hydrogen) atoms. The summed E-state index contributed by atoms with van der Waals surface area (Å²) in [7, 11) is 3.33. The molecular weight excluding hydrogens is 246 g/mol. The van der Waals surface area contributed by atoms with Crippen molar-refractivity contribution >= 4 is 5.97 Å². The van der Waals surface area contributed by atoms with E-state index in [1.807, 2.05) is 27.8 Å². The van der Waals surface area contributed by atoms with Gasteiger partial charge in [0.25, 0.3) is 0 Å². The summed E-state index contributed by atoms with van der Waals surface area (Å²) in [6.45, 7) is 7.52. The molecule has 1 unspecified atom stereocenters. The first kappa shape index (κ1) is 15.7. The van der Waals surface area contributed by atoms with Crippen LogP contribution in [0, 0.1) is 0 Å². The first-order chi connectivity index (χ1) is 8.95. The van der Waals surface area contributed by atoms with Gasteiger partial charge < -0.3 is 13.9 Å². The lowest BCUT2D eigenvalue weighted by Gasteiger charge is -2.23. The molecule has 5 nitrogen and oxygen atoms in total. The van der Waals surface area contributed by atoms with Gasteiger partial charge in [-0.1, -0.05) is 0 Å². The Hall–Kier alpha value is -1.33. The molecule has 0 aliphatic rings. The number of nitrogens with zero attached hydrogens (tertiary/aromatic N) is 1. The zero-order chi connectivity index (χ0) is 14.4. The summed E-state index contributed by atoms with van der Waals surface area (Å²) >= 11 is 0. The van der Waals surface area contributed by atoms with Crippen LogP contribution in [-0.4, -0.2) is 44.3 Å². The van der Waals surface area contributed by atoms with Crippen LogP contribution >= 0.6 is 0 Å². The average Bonchev–Trinajstić information content (AvgIpc) is 2.85. The largest absolute Gasteiger partial charge is 0.463 e. The molecule has 0 bridgehead atoms. The van der Waals surface area contributed by atoms with E-state index in [2.05, 4.69) is 9.64 Å². The standard InChI is InChI=1S/C14H23NO4/c1-10(2)18-9-8-15(4)11(3)12-6-7-13(19-12)14(16)17-5/h6-7,10-11H,8-9H2,1-5H3. The molecule has 1 heterocycles. The Balaban J connectivity index is 2.54. The molecule has 0 saturated carbocycles. The minimum atomic E-state index is -0.454. The van der Waals surface area contributed by atoms with Gasteiger partial charge in [0.05, 0.1) is 25.9 Å². The molecule has 0 aromatic carbocycles. The van der Waals surface area contributed by atoms with Crippen molar-refractivity contribution in [1.82, 2.24) is 4.90 Å². The first-order valence-corrected chi connectivity index (χ1v) is 6.45. The van der Waals surface area contributed by atoms with Crippen molar-refractivity contribution < 1.29 is 18.7 Å². The highest BCUT2D eigenvalue weighted by Crippen LogP contribution is 2.21. The predicted molar refractivity (Wildman–Crippen MR) is 72.2 cm³/mol. The van der Waals surface area contributed by atoms with Gasteiger partial charge in [0.15, 0.2) is 0 Å². The van der Waals surface area contributed by atoms with E-state index < -0.39 is 5.97 Å². The van der Waals surface area contributed by atoms with Gasteiger partial charge in [0.1, 0.15) is 5.76 Å². The van der Waals surface area contributed by atoms with Crippen LogP contribution in [0.25, 0.3) is 0 Å². The zero-order valence-corrected chi connectivity index (χ0v) is 12.3. The molecule has 108 valence electrons. The van der Waals surface area contributed by atoms with Gasteiger partial charge in [0.2, 0.25) is 5.76 Å². The number of hydrogen-bond donors (Lipinski definition) is 0. The molecule has 0 aliphatic carbocycles. The van der Waals surface area contributed by atoms with Gasteiger partial charge in [-0.05, 0) is 40.0 Å². The minimum Gasteiger partial charge on any atom is -0.463 e. The fraction of sp³-hybridized carbons (Fsp3) is 0.643. The maximum Gasteiger partial charge on any atom is 0.373 e. The van der Waals surface area contributed by atoms with Crippen LogP contribution in [0.4, 0.5) is 0 Å². The number of ether oxygens (including phenoxy) is 2. The van der Waals surface area contributed by atoms with Crippen molar-refractivity contribution in [1.29, 1.82) is 0 Å². The first-order valence-electron chi connectivity index (χ1n) is 6.45. The molecule has 0 saturated heterocycles. The molecule has 1 rings (SSSR count). The number of carbonyl (C=O) groups is 1. The monoisotopic (exact) mass is 269 g/mol. The van der Waals surface area contributed by atoms with Gasteiger partial charge in [-0.15, -0.1) is 0 Å². The lowest BCUT2D eigenvalue weighted by atomic mass is 10.2. The van der Waals surface area contributed by atoms with Gasteiger partial charge in [-0.2, -0.15) is 0 Å². The van der Waals surface area contributed by atoms with Gasteiger partial charge in [0, 0.05) is 6.54 Å². The number of carbonyl (C=O) groups excluding carboxylic acids is 1. The Morgan fingerprint density at radius 1 is 1.37 bits per heavy atom. The summed E-state index contributed by atoms with van der Waals surface area (Å²) in [6, 6.07) is 3.52. The third-order valence-electron chi connectivity index (χ3n) is 2.98. The lowest BCUT2D eigenvalue weighted by Crippen LogP contribution is -2.27. The van der Waals surface area contributed by atoms with Crippen molar-refractivity contribution in [3.8, 4) is 0 Å². The Bertz CT molecular complexity index is 400. The molecule has 1 atom stereocenters. The van der Waals surface area contributed by atoms with E-state index in [1.165, 1.54) is 7.11 Å². The summed E-state index contributed by atoms with van der Waals surface area (Å²) in [6.07, 6.45) is 0.234. The van der Waals surface area contributed by atoms with E-state index in [4.69, 9.17) is 9.15 Å². The zero-order valence-electron chi connectivity index (χ0n) is 12.3. The Kier molecular flexibility index (Phi) is 6.05. The van der Waals surface area contributed by atoms with Crippen molar-refractivity contribution in [3.05, 3.63) is 23.7 Å². The van der Waals surface area contributed by atoms with Crippen LogP contribution in [0.5, 0.6) is 0 Å². The Morgan fingerprint density at radius 3 is 2.63 bits per heavy atom. The van der Waals surface area contributed by atoms with Crippen LogP contribution in [-0.2, 0) is 9.47 Å². The average molecular weight is 269 g/mol. The van der Waals surface area contributed by atoms with Gasteiger partial charge in [-0.25, -0.2) is 4.79 Å². The second-order valence-corrected chi connectivity index (χ2v) is 4.77. The highest BCUT2D eigenvalue weighted by atomic mass is 16.5. The number of likely N-dealkylation sites (N-methyl/N-ethyl adjacent to an activating group) is 1. The second-order valence-electron chi connectivity index (χ2n) is 4.77. The number of hydrogen-bond acceptors (Lipinski definition) is 5.